The van der Waals surface area contributed by atoms with E-state index in [1.165, 1.54) is 16.7 Å². The second kappa shape index (κ2) is 8.56. The van der Waals surface area contributed by atoms with Gasteiger partial charge < -0.3 is 4.90 Å². The van der Waals surface area contributed by atoms with Gasteiger partial charge in [0.1, 0.15) is 19.6 Å². The quantitative estimate of drug-likeness (QED) is 0.320. The SMILES string of the molecule is F[P-](F)(F)(F)(F)F.c1ccc(C[NH+](Cc2ccccc2)Cc2ccccc2)cc1. The van der Waals surface area contributed by atoms with Crippen molar-refractivity contribution < 1.29 is 30.1 Å². The third-order valence-electron chi connectivity index (χ3n) is 3.89. The van der Waals surface area contributed by atoms with Crippen molar-refractivity contribution in [1.29, 1.82) is 0 Å². The van der Waals surface area contributed by atoms with Crippen molar-refractivity contribution in [2.45, 2.75) is 19.6 Å². The van der Waals surface area contributed by atoms with E-state index in [-0.39, 0.29) is 0 Å². The summed E-state index contributed by atoms with van der Waals surface area (Å²) in [4.78, 5) is 1.56. The Bertz CT molecular complexity index is 759. The number of hydrogen-bond donors (Lipinski definition) is 1. The molecule has 0 bridgehead atoms. The van der Waals surface area contributed by atoms with Gasteiger partial charge in [-0.15, -0.1) is 0 Å². The van der Waals surface area contributed by atoms with E-state index in [0.29, 0.717) is 0 Å². The van der Waals surface area contributed by atoms with E-state index in [1.54, 1.807) is 4.90 Å². The normalized spacial score (nSPS) is 13.8. The van der Waals surface area contributed by atoms with Gasteiger partial charge in [0.15, 0.2) is 0 Å². The van der Waals surface area contributed by atoms with Gasteiger partial charge in [-0.1, -0.05) is 91.0 Å². The summed E-state index contributed by atoms with van der Waals surface area (Å²) in [6, 6.07) is 32.3. The van der Waals surface area contributed by atoms with Crippen molar-refractivity contribution in [3.8, 4) is 0 Å². The molecule has 1 nitrogen and oxygen atoms in total. The first-order chi connectivity index (χ1) is 13.3. The number of halogens is 6. The van der Waals surface area contributed by atoms with Crippen LogP contribution in [0.4, 0.5) is 25.2 Å². The molecular weight excluding hydrogens is 411 g/mol. The van der Waals surface area contributed by atoms with E-state index in [2.05, 4.69) is 91.0 Å². The van der Waals surface area contributed by atoms with Crippen molar-refractivity contribution in [1.82, 2.24) is 0 Å². The van der Waals surface area contributed by atoms with Crippen LogP contribution in [0.1, 0.15) is 16.7 Å². The Balaban J connectivity index is 0.000000370. The Morgan fingerprint density at radius 2 is 0.655 bits per heavy atom. The number of quaternary nitrogens is 1. The van der Waals surface area contributed by atoms with Crippen molar-refractivity contribution in [2.24, 2.45) is 0 Å². The van der Waals surface area contributed by atoms with Crippen molar-refractivity contribution in [2.75, 3.05) is 0 Å². The van der Waals surface area contributed by atoms with Gasteiger partial charge in [0.2, 0.25) is 0 Å². The van der Waals surface area contributed by atoms with Crippen LogP contribution in [0.25, 0.3) is 0 Å². The standard InChI is InChI=1S/C21H21N.F6P/c1-4-10-19(11-5-1)16-22(17-20-12-6-2-7-13-20)18-21-14-8-3-9-15-21;1-7(2,3,4,5)6/h1-15H,16-18H2;/q;-1/p+1. The second-order valence-electron chi connectivity index (χ2n) is 6.70. The predicted molar refractivity (Wildman–Crippen MR) is 105 cm³/mol. The summed E-state index contributed by atoms with van der Waals surface area (Å²) in [5, 5.41) is 0. The fraction of sp³-hybridized carbons (Fsp3) is 0.143. The van der Waals surface area contributed by atoms with E-state index < -0.39 is 7.81 Å². The molecule has 1 N–H and O–H groups in total. The zero-order valence-corrected chi connectivity index (χ0v) is 16.4. The molecule has 8 heteroatoms. The predicted octanol–water partition coefficient (Wildman–Crippen LogP) is 6.85. The van der Waals surface area contributed by atoms with Gasteiger partial charge >= 0.3 is 33.0 Å². The molecule has 0 aliphatic carbocycles. The molecule has 0 atom stereocenters. The second-order valence-corrected chi connectivity index (χ2v) is 8.61. The zero-order chi connectivity index (χ0) is 21.4. The molecule has 0 amide bonds. The van der Waals surface area contributed by atoms with Gasteiger partial charge in [-0.3, -0.25) is 0 Å². The van der Waals surface area contributed by atoms with Gasteiger partial charge in [-0.05, 0) is 0 Å². The minimum absolute atomic E-state index is 1.05. The molecule has 0 fully saturated rings. The maximum Gasteiger partial charge on any atom is 0.103 e. The zero-order valence-electron chi connectivity index (χ0n) is 15.5. The van der Waals surface area contributed by atoms with Crippen molar-refractivity contribution in [3.63, 3.8) is 0 Å². The van der Waals surface area contributed by atoms with E-state index >= 15 is 0 Å². The number of nitrogens with one attached hydrogen (secondary N) is 1. The van der Waals surface area contributed by atoms with Gasteiger partial charge in [-0.25, -0.2) is 0 Å². The van der Waals surface area contributed by atoms with Crippen LogP contribution in [0.15, 0.2) is 91.0 Å². The molecule has 0 unspecified atom stereocenters. The van der Waals surface area contributed by atoms with Crippen LogP contribution in [0, 0.1) is 0 Å². The molecule has 0 spiro atoms. The van der Waals surface area contributed by atoms with Crippen LogP contribution in [0.3, 0.4) is 0 Å². The molecule has 0 radical (unpaired) electrons. The molecule has 0 aliphatic heterocycles. The summed E-state index contributed by atoms with van der Waals surface area (Å²) in [5.41, 5.74) is 4.18. The Morgan fingerprint density at radius 3 is 0.862 bits per heavy atom. The monoisotopic (exact) mass is 433 g/mol. The smallest absolute Gasteiger partial charge is 0.103 e. The molecule has 3 aromatic rings. The van der Waals surface area contributed by atoms with Gasteiger partial charge in [0.05, 0.1) is 0 Å². The summed E-state index contributed by atoms with van der Waals surface area (Å²) >= 11 is 0. The average molecular weight is 433 g/mol. The van der Waals surface area contributed by atoms with Gasteiger partial charge in [0.25, 0.3) is 0 Å². The molecular formula is C21H22F6NP. The van der Waals surface area contributed by atoms with Crippen LogP contribution in [0.2, 0.25) is 0 Å². The first kappa shape index (κ1) is 22.9. The van der Waals surface area contributed by atoms with E-state index in [4.69, 9.17) is 0 Å². The summed E-state index contributed by atoms with van der Waals surface area (Å²) < 4.78 is 59.2. The van der Waals surface area contributed by atoms with Gasteiger partial charge in [0, 0.05) is 16.7 Å². The van der Waals surface area contributed by atoms with Crippen LogP contribution < -0.4 is 4.90 Å². The van der Waals surface area contributed by atoms with Crippen molar-refractivity contribution >= 4 is 7.81 Å². The van der Waals surface area contributed by atoms with E-state index in [0.717, 1.165) is 19.6 Å². The van der Waals surface area contributed by atoms with Crippen LogP contribution in [0.5, 0.6) is 0 Å². The molecule has 158 valence electrons. The van der Waals surface area contributed by atoms with Gasteiger partial charge in [-0.2, -0.15) is 0 Å². The van der Waals surface area contributed by atoms with Crippen LogP contribution in [-0.4, -0.2) is 0 Å². The third kappa shape index (κ3) is 12.7. The van der Waals surface area contributed by atoms with Crippen LogP contribution in [-0.2, 0) is 19.6 Å². The topological polar surface area (TPSA) is 4.44 Å². The number of rotatable bonds is 6. The van der Waals surface area contributed by atoms with E-state index in [9.17, 15) is 25.2 Å². The molecule has 0 aliphatic rings. The van der Waals surface area contributed by atoms with E-state index in [1.807, 2.05) is 0 Å². The maximum atomic E-state index is 9.87. The molecule has 0 saturated heterocycles. The Kier molecular flexibility index (Phi) is 6.76. The molecule has 3 aromatic carbocycles. The molecule has 0 heterocycles. The summed E-state index contributed by atoms with van der Waals surface area (Å²) in [6.07, 6.45) is 0. The fourth-order valence-electron chi connectivity index (χ4n) is 2.84. The maximum absolute atomic E-state index is 10.7. The first-order valence-corrected chi connectivity index (χ1v) is 10.9. The minimum atomic E-state index is -10.7. The fourth-order valence-corrected chi connectivity index (χ4v) is 2.84. The molecule has 0 saturated carbocycles. The van der Waals surface area contributed by atoms with Crippen molar-refractivity contribution in [3.05, 3.63) is 108 Å². The number of benzene rings is 3. The largest absolute Gasteiger partial charge is 0.324 e. The third-order valence-corrected chi connectivity index (χ3v) is 3.89. The minimum Gasteiger partial charge on any atom is -0.324 e. The molecule has 0 aromatic heterocycles. The summed E-state index contributed by atoms with van der Waals surface area (Å²) in [6.45, 7) is 3.14. The molecule has 3 rings (SSSR count). The average Bonchev–Trinajstić information content (AvgIpc) is 2.62. The molecule has 29 heavy (non-hydrogen) atoms. The Morgan fingerprint density at radius 1 is 0.448 bits per heavy atom. The summed E-state index contributed by atoms with van der Waals surface area (Å²) in [7, 11) is -10.7. The summed E-state index contributed by atoms with van der Waals surface area (Å²) in [5.74, 6) is 0. The Labute approximate surface area is 165 Å². The number of hydrogen-bond acceptors (Lipinski definition) is 0. The van der Waals surface area contributed by atoms with Crippen LogP contribution >= 0.6 is 7.81 Å². The first-order valence-electron chi connectivity index (χ1n) is 8.87. The Hall–Kier alpha value is -2.37.